The maximum absolute atomic E-state index is 14.1. The van der Waals surface area contributed by atoms with Crippen molar-refractivity contribution in [3.8, 4) is 0 Å². The quantitative estimate of drug-likeness (QED) is 0.624. The highest BCUT2D eigenvalue weighted by molar-refractivity contribution is 9.10. The minimum absolute atomic E-state index is 0.0644. The number of allylic oxidation sites excluding steroid dienone is 1. The van der Waals surface area contributed by atoms with E-state index in [9.17, 15) is 13.6 Å². The molecule has 1 aromatic rings. The molecule has 0 fully saturated rings. The van der Waals surface area contributed by atoms with E-state index in [4.69, 9.17) is 0 Å². The van der Waals surface area contributed by atoms with Crippen molar-refractivity contribution in [2.24, 2.45) is 0 Å². The van der Waals surface area contributed by atoms with E-state index in [0.717, 1.165) is 6.08 Å². The number of ether oxygens (including phenoxy) is 1. The van der Waals surface area contributed by atoms with Gasteiger partial charge in [0.1, 0.15) is 11.5 Å². The average molecular weight is 319 g/mol. The van der Waals surface area contributed by atoms with Crippen LogP contribution < -0.4 is 0 Å². The summed E-state index contributed by atoms with van der Waals surface area (Å²) >= 11 is 3.13. The molecule has 0 saturated heterocycles. The van der Waals surface area contributed by atoms with Crippen LogP contribution in [0.4, 0.5) is 8.78 Å². The van der Waals surface area contributed by atoms with Gasteiger partial charge in [-0.1, -0.05) is 15.9 Å². The second-order valence-corrected chi connectivity index (χ2v) is 5.13. The molecule has 0 spiro atoms. The van der Waals surface area contributed by atoms with Gasteiger partial charge in [0.2, 0.25) is 0 Å². The van der Waals surface area contributed by atoms with Crippen molar-refractivity contribution in [3.05, 3.63) is 40.1 Å². The summed E-state index contributed by atoms with van der Waals surface area (Å²) in [5.41, 5.74) is -1.43. The van der Waals surface area contributed by atoms with Gasteiger partial charge < -0.3 is 4.74 Å². The van der Waals surface area contributed by atoms with Crippen LogP contribution >= 0.6 is 15.9 Å². The Hall–Kier alpha value is -1.23. The van der Waals surface area contributed by atoms with Crippen molar-refractivity contribution in [2.75, 3.05) is 7.11 Å². The number of hydrogen-bond acceptors (Lipinski definition) is 2. The number of carbonyl (C=O) groups excluding carboxylic acids is 1. The molecular formula is C13H13BrF2O2. The van der Waals surface area contributed by atoms with Gasteiger partial charge in [0.15, 0.2) is 0 Å². The molecular weight excluding hydrogens is 306 g/mol. The van der Waals surface area contributed by atoms with Gasteiger partial charge in [-0.2, -0.15) is 0 Å². The second-order valence-electron chi connectivity index (χ2n) is 4.21. The van der Waals surface area contributed by atoms with Crippen molar-refractivity contribution in [2.45, 2.75) is 19.5 Å². The first-order valence-electron chi connectivity index (χ1n) is 5.19. The Kier molecular flexibility index (Phi) is 4.62. The molecule has 2 nitrogen and oxygen atoms in total. The summed E-state index contributed by atoms with van der Waals surface area (Å²) in [6.45, 7) is 2.58. The van der Waals surface area contributed by atoms with Crippen LogP contribution in [-0.4, -0.2) is 18.7 Å². The molecule has 1 aromatic carbocycles. The highest BCUT2D eigenvalue weighted by atomic mass is 79.9. The molecule has 0 amide bonds. The number of benzene rings is 1. The summed E-state index contributed by atoms with van der Waals surface area (Å²) < 4.78 is 32.3. The van der Waals surface area contributed by atoms with Crippen molar-refractivity contribution >= 4 is 27.5 Å². The van der Waals surface area contributed by atoms with Crippen LogP contribution in [0.15, 0.2) is 28.7 Å². The molecule has 0 atom stereocenters. The van der Waals surface area contributed by atoms with E-state index in [1.807, 2.05) is 0 Å². The number of carbonyl (C=O) groups is 1. The van der Waals surface area contributed by atoms with Crippen molar-refractivity contribution < 1.29 is 18.3 Å². The van der Waals surface area contributed by atoms with Gasteiger partial charge in [-0.3, -0.25) is 0 Å². The summed E-state index contributed by atoms with van der Waals surface area (Å²) in [7, 11) is 1.20. The van der Waals surface area contributed by atoms with E-state index < -0.39 is 17.5 Å². The van der Waals surface area contributed by atoms with E-state index in [1.165, 1.54) is 33.1 Å². The SMILES string of the molecule is COC(=O)C=C(c1cc(F)cc(Br)c1)C(C)(C)F. The Morgan fingerprint density at radius 1 is 1.39 bits per heavy atom. The zero-order valence-electron chi connectivity index (χ0n) is 10.3. The first-order chi connectivity index (χ1) is 8.24. The van der Waals surface area contributed by atoms with Crippen LogP contribution in [0, 0.1) is 5.82 Å². The number of rotatable bonds is 3. The van der Waals surface area contributed by atoms with Crippen molar-refractivity contribution in [1.82, 2.24) is 0 Å². The maximum Gasteiger partial charge on any atom is 0.330 e. The summed E-state index contributed by atoms with van der Waals surface area (Å²) in [6.07, 6.45) is 1.03. The van der Waals surface area contributed by atoms with Crippen LogP contribution in [0.2, 0.25) is 0 Å². The highest BCUT2D eigenvalue weighted by Crippen LogP contribution is 2.32. The Morgan fingerprint density at radius 2 is 2.00 bits per heavy atom. The first-order valence-corrected chi connectivity index (χ1v) is 5.99. The fourth-order valence-corrected chi connectivity index (χ4v) is 1.95. The maximum atomic E-state index is 14.1. The van der Waals surface area contributed by atoms with Crippen molar-refractivity contribution in [1.29, 1.82) is 0 Å². The van der Waals surface area contributed by atoms with Crippen LogP contribution in [0.3, 0.4) is 0 Å². The van der Waals surface area contributed by atoms with E-state index in [2.05, 4.69) is 20.7 Å². The molecule has 0 N–H and O–H groups in total. The van der Waals surface area contributed by atoms with Gasteiger partial charge in [0, 0.05) is 16.1 Å². The molecule has 0 bridgehead atoms. The summed E-state index contributed by atoms with van der Waals surface area (Å²) in [6, 6.07) is 3.96. The molecule has 0 aliphatic carbocycles. The van der Waals surface area contributed by atoms with Gasteiger partial charge in [-0.25, -0.2) is 13.6 Å². The average Bonchev–Trinajstić information content (AvgIpc) is 2.22. The van der Waals surface area contributed by atoms with Gasteiger partial charge in [-0.15, -0.1) is 0 Å². The third-order valence-corrected chi connectivity index (χ3v) is 2.74. The molecule has 18 heavy (non-hydrogen) atoms. The minimum atomic E-state index is -1.79. The molecule has 0 aliphatic heterocycles. The predicted molar refractivity (Wildman–Crippen MR) is 69.3 cm³/mol. The lowest BCUT2D eigenvalue weighted by molar-refractivity contribution is -0.134. The Morgan fingerprint density at radius 3 is 2.44 bits per heavy atom. The number of alkyl halides is 1. The summed E-state index contributed by atoms with van der Waals surface area (Å²) in [4.78, 5) is 11.2. The lowest BCUT2D eigenvalue weighted by atomic mass is 9.92. The minimum Gasteiger partial charge on any atom is -0.466 e. The third-order valence-electron chi connectivity index (χ3n) is 2.28. The van der Waals surface area contributed by atoms with Gasteiger partial charge in [0.25, 0.3) is 0 Å². The Balaban J connectivity index is 3.35. The molecule has 0 aromatic heterocycles. The summed E-state index contributed by atoms with van der Waals surface area (Å²) in [5, 5.41) is 0. The van der Waals surface area contributed by atoms with Gasteiger partial charge in [-0.05, 0) is 37.6 Å². The zero-order valence-corrected chi connectivity index (χ0v) is 11.8. The molecule has 1 rings (SSSR count). The lowest BCUT2D eigenvalue weighted by Gasteiger charge is -2.19. The monoisotopic (exact) mass is 318 g/mol. The van der Waals surface area contributed by atoms with Gasteiger partial charge >= 0.3 is 5.97 Å². The fourth-order valence-electron chi connectivity index (χ4n) is 1.48. The highest BCUT2D eigenvalue weighted by Gasteiger charge is 2.25. The first kappa shape index (κ1) is 14.8. The van der Waals surface area contributed by atoms with Crippen LogP contribution in [0.1, 0.15) is 19.4 Å². The molecule has 5 heteroatoms. The summed E-state index contributed by atoms with van der Waals surface area (Å²) in [5.74, 6) is -1.20. The van der Waals surface area contributed by atoms with E-state index >= 15 is 0 Å². The molecule has 0 saturated carbocycles. The second kappa shape index (κ2) is 5.61. The smallest absolute Gasteiger partial charge is 0.330 e. The van der Waals surface area contributed by atoms with Crippen LogP contribution in [0.25, 0.3) is 5.57 Å². The molecule has 98 valence electrons. The Labute approximate surface area is 113 Å². The van der Waals surface area contributed by atoms with Gasteiger partial charge in [0.05, 0.1) is 7.11 Å². The molecule has 0 heterocycles. The number of methoxy groups -OCH3 is 1. The van der Waals surface area contributed by atoms with E-state index in [1.54, 1.807) is 6.07 Å². The van der Waals surface area contributed by atoms with E-state index in [-0.39, 0.29) is 5.57 Å². The van der Waals surface area contributed by atoms with Crippen molar-refractivity contribution in [3.63, 3.8) is 0 Å². The topological polar surface area (TPSA) is 26.3 Å². The predicted octanol–water partition coefficient (Wildman–Crippen LogP) is 3.89. The number of halogens is 3. The molecule has 0 radical (unpaired) electrons. The van der Waals surface area contributed by atoms with E-state index in [0.29, 0.717) is 10.0 Å². The normalized spacial score (nSPS) is 12.4. The number of esters is 1. The largest absolute Gasteiger partial charge is 0.466 e. The van der Waals surface area contributed by atoms with Crippen LogP contribution in [0.5, 0.6) is 0 Å². The fraction of sp³-hybridized carbons (Fsp3) is 0.308. The standard InChI is InChI=1S/C13H13BrF2O2/c1-13(2,16)11(7-12(17)18-3)8-4-9(14)6-10(15)5-8/h4-7H,1-3H3. The molecule has 0 aliphatic rings. The Bertz CT molecular complexity index is 470. The lowest BCUT2D eigenvalue weighted by Crippen LogP contribution is -2.16. The molecule has 0 unspecified atom stereocenters. The van der Waals surface area contributed by atoms with Crippen LogP contribution in [-0.2, 0) is 9.53 Å². The zero-order chi connectivity index (χ0) is 13.9. The number of hydrogen-bond donors (Lipinski definition) is 0. The third kappa shape index (κ3) is 3.91.